The molecule has 6 heteroatoms. The van der Waals surface area contributed by atoms with Gasteiger partial charge in [-0.15, -0.1) is 5.10 Å². The fraction of sp³-hybridized carbons (Fsp3) is 0.600. The van der Waals surface area contributed by atoms with Crippen molar-refractivity contribution < 1.29 is 4.74 Å². The minimum Gasteiger partial charge on any atom is -0.376 e. The number of hydrogen-bond donors (Lipinski definition) is 0. The number of nitrogens with zero attached hydrogens (tertiary/aromatic N) is 5. The van der Waals surface area contributed by atoms with Crippen LogP contribution in [0.25, 0.3) is 0 Å². The van der Waals surface area contributed by atoms with Gasteiger partial charge in [0.2, 0.25) is 0 Å². The quantitative estimate of drug-likeness (QED) is 0.858. The van der Waals surface area contributed by atoms with Crippen molar-refractivity contribution >= 4 is 0 Å². The van der Waals surface area contributed by atoms with E-state index in [1.807, 2.05) is 22.9 Å². The summed E-state index contributed by atoms with van der Waals surface area (Å²) in [6.07, 6.45) is 5.22. The lowest BCUT2D eigenvalue weighted by Crippen LogP contribution is -2.32. The van der Waals surface area contributed by atoms with E-state index < -0.39 is 0 Å². The summed E-state index contributed by atoms with van der Waals surface area (Å²) in [4.78, 5) is 4.34. The van der Waals surface area contributed by atoms with Crippen molar-refractivity contribution in [1.29, 1.82) is 0 Å². The third-order valence-corrected chi connectivity index (χ3v) is 3.90. The lowest BCUT2D eigenvalue weighted by atomic mass is 9.92. The van der Waals surface area contributed by atoms with Gasteiger partial charge in [0, 0.05) is 18.4 Å². The minimum atomic E-state index is 0.314. The molecule has 1 unspecified atom stereocenters. The van der Waals surface area contributed by atoms with Gasteiger partial charge in [-0.2, -0.15) is 0 Å². The maximum atomic E-state index is 5.79. The Morgan fingerprint density at radius 1 is 1.24 bits per heavy atom. The topological polar surface area (TPSA) is 65.7 Å². The maximum absolute atomic E-state index is 5.79. The number of aromatic nitrogens is 5. The largest absolute Gasteiger partial charge is 0.376 e. The summed E-state index contributed by atoms with van der Waals surface area (Å²) in [5.41, 5.74) is 0.988. The summed E-state index contributed by atoms with van der Waals surface area (Å²) in [5, 5.41) is 12.1. The molecule has 1 fully saturated rings. The van der Waals surface area contributed by atoms with E-state index in [1.165, 1.54) is 0 Å². The molecule has 0 spiro atoms. The van der Waals surface area contributed by atoms with Gasteiger partial charge in [-0.1, -0.05) is 6.07 Å². The molecule has 0 saturated carbocycles. The van der Waals surface area contributed by atoms with Crippen LogP contribution in [0.3, 0.4) is 0 Å². The first-order valence-electron chi connectivity index (χ1n) is 7.51. The molecule has 0 aliphatic carbocycles. The first kappa shape index (κ1) is 14.1. The van der Waals surface area contributed by atoms with Crippen LogP contribution in [0.2, 0.25) is 0 Å². The van der Waals surface area contributed by atoms with Gasteiger partial charge < -0.3 is 4.74 Å². The van der Waals surface area contributed by atoms with Crippen molar-refractivity contribution in [2.24, 2.45) is 5.92 Å². The van der Waals surface area contributed by atoms with Crippen molar-refractivity contribution in [3.8, 4) is 0 Å². The van der Waals surface area contributed by atoms with E-state index in [0.717, 1.165) is 30.9 Å². The molecule has 2 aromatic heterocycles. The van der Waals surface area contributed by atoms with Crippen LogP contribution in [0.5, 0.6) is 0 Å². The number of ether oxygens (including phenoxy) is 1. The molecular weight excluding hydrogens is 266 g/mol. The van der Waals surface area contributed by atoms with Gasteiger partial charge in [0.15, 0.2) is 5.82 Å². The highest BCUT2D eigenvalue weighted by molar-refractivity contribution is 5.08. The van der Waals surface area contributed by atoms with E-state index in [4.69, 9.17) is 4.74 Å². The molecule has 112 valence electrons. The summed E-state index contributed by atoms with van der Waals surface area (Å²) in [6, 6.07) is 5.90. The Kier molecular flexibility index (Phi) is 4.24. The molecule has 3 rings (SSSR count). The smallest absolute Gasteiger partial charge is 0.157 e. The predicted molar refractivity (Wildman–Crippen MR) is 77.6 cm³/mol. The zero-order valence-corrected chi connectivity index (χ0v) is 12.5. The van der Waals surface area contributed by atoms with Gasteiger partial charge in [0.1, 0.15) is 0 Å². The zero-order chi connectivity index (χ0) is 14.7. The number of tetrazole rings is 1. The van der Waals surface area contributed by atoms with Gasteiger partial charge in [-0.25, -0.2) is 4.68 Å². The molecule has 3 atom stereocenters. The van der Waals surface area contributed by atoms with Crippen LogP contribution in [-0.4, -0.2) is 37.4 Å². The van der Waals surface area contributed by atoms with Crippen molar-refractivity contribution in [3.05, 3.63) is 35.9 Å². The van der Waals surface area contributed by atoms with Crippen LogP contribution < -0.4 is 0 Å². The van der Waals surface area contributed by atoms with Gasteiger partial charge in [-0.3, -0.25) is 4.98 Å². The molecule has 0 bridgehead atoms. The summed E-state index contributed by atoms with van der Waals surface area (Å²) in [7, 11) is 0. The van der Waals surface area contributed by atoms with E-state index in [0.29, 0.717) is 24.5 Å². The molecule has 0 amide bonds. The Hall–Kier alpha value is -1.82. The second-order valence-electron chi connectivity index (χ2n) is 5.87. The Morgan fingerprint density at radius 2 is 2.05 bits per heavy atom. The van der Waals surface area contributed by atoms with Crippen molar-refractivity contribution in [1.82, 2.24) is 25.2 Å². The lowest BCUT2D eigenvalue weighted by molar-refractivity contribution is -0.0555. The first-order chi connectivity index (χ1) is 10.2. The molecule has 1 saturated heterocycles. The Balaban J connectivity index is 1.68. The Labute approximate surface area is 124 Å². The van der Waals surface area contributed by atoms with Crippen LogP contribution in [-0.2, 0) is 17.7 Å². The van der Waals surface area contributed by atoms with Crippen molar-refractivity contribution in [3.63, 3.8) is 0 Å². The Bertz CT molecular complexity index is 560. The molecule has 1 aliphatic rings. The SMILES string of the molecule is C[C@@H]1CC(Cn2nnnc2Cc2ccccn2)C[C@H](C)O1. The number of pyridine rings is 1. The standard InChI is InChI=1S/C15H21N5O/c1-11-7-13(8-12(2)21-11)10-20-15(17-18-19-20)9-14-5-3-4-6-16-14/h3-6,11-13H,7-10H2,1-2H3/t11-,12+,13?. The average Bonchev–Trinajstić information content (AvgIpc) is 2.86. The van der Waals surface area contributed by atoms with Gasteiger partial charge in [0.05, 0.1) is 18.6 Å². The highest BCUT2D eigenvalue weighted by atomic mass is 16.5. The van der Waals surface area contributed by atoms with Crippen LogP contribution in [0.1, 0.15) is 38.2 Å². The fourth-order valence-corrected chi connectivity index (χ4v) is 3.09. The van der Waals surface area contributed by atoms with E-state index in [-0.39, 0.29) is 0 Å². The van der Waals surface area contributed by atoms with Crippen LogP contribution in [0, 0.1) is 5.92 Å². The van der Waals surface area contributed by atoms with E-state index in [1.54, 1.807) is 6.20 Å². The predicted octanol–water partition coefficient (Wildman–Crippen LogP) is 1.86. The van der Waals surface area contributed by atoms with E-state index in [2.05, 4.69) is 34.4 Å². The molecule has 6 nitrogen and oxygen atoms in total. The normalized spacial score (nSPS) is 25.9. The summed E-state index contributed by atoms with van der Waals surface area (Å²) < 4.78 is 7.71. The Morgan fingerprint density at radius 3 is 2.76 bits per heavy atom. The van der Waals surface area contributed by atoms with Crippen LogP contribution >= 0.6 is 0 Å². The third-order valence-electron chi connectivity index (χ3n) is 3.90. The lowest BCUT2D eigenvalue weighted by Gasteiger charge is -2.31. The summed E-state index contributed by atoms with van der Waals surface area (Å²) in [6.45, 7) is 5.13. The van der Waals surface area contributed by atoms with Crippen LogP contribution in [0.15, 0.2) is 24.4 Å². The molecule has 1 aliphatic heterocycles. The molecule has 0 aromatic carbocycles. The van der Waals surface area contributed by atoms with Crippen molar-refractivity contribution in [2.75, 3.05) is 0 Å². The minimum absolute atomic E-state index is 0.314. The van der Waals surface area contributed by atoms with E-state index >= 15 is 0 Å². The maximum Gasteiger partial charge on any atom is 0.157 e. The van der Waals surface area contributed by atoms with Crippen LogP contribution in [0.4, 0.5) is 0 Å². The summed E-state index contributed by atoms with van der Waals surface area (Å²) >= 11 is 0. The van der Waals surface area contributed by atoms with Gasteiger partial charge in [0.25, 0.3) is 0 Å². The van der Waals surface area contributed by atoms with Crippen molar-refractivity contribution in [2.45, 2.75) is 51.9 Å². The molecule has 0 radical (unpaired) electrons. The zero-order valence-electron chi connectivity index (χ0n) is 12.5. The fourth-order valence-electron chi connectivity index (χ4n) is 3.09. The second-order valence-corrected chi connectivity index (χ2v) is 5.87. The highest BCUT2D eigenvalue weighted by Gasteiger charge is 2.25. The molecule has 0 N–H and O–H groups in total. The number of rotatable bonds is 4. The van der Waals surface area contributed by atoms with E-state index in [9.17, 15) is 0 Å². The van der Waals surface area contributed by atoms with Gasteiger partial charge >= 0.3 is 0 Å². The molecule has 3 heterocycles. The third kappa shape index (κ3) is 3.64. The highest BCUT2D eigenvalue weighted by Crippen LogP contribution is 2.26. The second kappa shape index (κ2) is 6.30. The average molecular weight is 287 g/mol. The molecular formula is C15H21N5O. The molecule has 2 aromatic rings. The van der Waals surface area contributed by atoms with Gasteiger partial charge in [-0.05, 0) is 55.2 Å². The number of hydrogen-bond acceptors (Lipinski definition) is 5. The first-order valence-corrected chi connectivity index (χ1v) is 7.51. The summed E-state index contributed by atoms with van der Waals surface area (Å²) in [5.74, 6) is 1.44. The monoisotopic (exact) mass is 287 g/mol. The molecule has 21 heavy (non-hydrogen) atoms.